The highest BCUT2D eigenvalue weighted by Crippen LogP contribution is 2.09. The molecule has 0 aliphatic carbocycles. The lowest BCUT2D eigenvalue weighted by molar-refractivity contribution is -0.145. The number of carbonyl (C=O) groups is 2. The molecule has 0 aliphatic rings. The van der Waals surface area contributed by atoms with Crippen LogP contribution in [0.4, 0.5) is 0 Å². The molecule has 1 unspecified atom stereocenters. The highest BCUT2D eigenvalue weighted by Gasteiger charge is 2.09. The van der Waals surface area contributed by atoms with Crippen molar-refractivity contribution in [2.45, 2.75) is 104 Å². The first-order valence-electron chi connectivity index (χ1n) is 11.1. The molecule has 0 bridgehead atoms. The molecule has 0 aromatic rings. The fourth-order valence-electron chi connectivity index (χ4n) is 2.88. The predicted molar refractivity (Wildman–Crippen MR) is 112 cm³/mol. The van der Waals surface area contributed by atoms with Gasteiger partial charge in [-0.1, -0.05) is 77.9 Å². The molecule has 4 nitrogen and oxygen atoms in total. The first-order chi connectivity index (χ1) is 13.1. The van der Waals surface area contributed by atoms with Crippen LogP contribution < -0.4 is 0 Å². The number of hydrogen-bond acceptors (Lipinski definition) is 4. The Morgan fingerprint density at radius 2 is 1.41 bits per heavy atom. The molecule has 0 aliphatic heterocycles. The molecule has 1 atom stereocenters. The molecule has 0 aromatic heterocycles. The summed E-state index contributed by atoms with van der Waals surface area (Å²) in [6.45, 7) is 7.24. The number of ether oxygens (including phenoxy) is 2. The third-order valence-corrected chi connectivity index (χ3v) is 4.55. The largest absolute Gasteiger partial charge is 0.465 e. The molecule has 0 fully saturated rings. The van der Waals surface area contributed by atoms with Crippen molar-refractivity contribution in [3.8, 4) is 0 Å². The van der Waals surface area contributed by atoms with E-state index < -0.39 is 0 Å². The lowest BCUT2D eigenvalue weighted by Crippen LogP contribution is -2.12. The smallest absolute Gasteiger partial charge is 0.306 e. The van der Waals surface area contributed by atoms with Crippen molar-refractivity contribution in [3.05, 3.63) is 12.2 Å². The number of hydrogen-bond donors (Lipinski definition) is 0. The average Bonchev–Trinajstić information content (AvgIpc) is 2.64. The molecule has 0 rings (SSSR count). The van der Waals surface area contributed by atoms with Crippen molar-refractivity contribution in [2.24, 2.45) is 5.92 Å². The van der Waals surface area contributed by atoms with Gasteiger partial charge in [0.2, 0.25) is 0 Å². The van der Waals surface area contributed by atoms with Crippen LogP contribution in [0.15, 0.2) is 12.2 Å². The molecule has 27 heavy (non-hydrogen) atoms. The van der Waals surface area contributed by atoms with Gasteiger partial charge in [0.1, 0.15) is 6.61 Å². The van der Waals surface area contributed by atoms with Gasteiger partial charge >= 0.3 is 11.9 Å². The summed E-state index contributed by atoms with van der Waals surface area (Å²) in [5.41, 5.74) is 0. The Hall–Kier alpha value is -1.32. The molecular formula is C23H42O4. The van der Waals surface area contributed by atoms with Gasteiger partial charge in [0.15, 0.2) is 0 Å². The van der Waals surface area contributed by atoms with E-state index in [4.69, 9.17) is 9.47 Å². The Kier molecular flexibility index (Phi) is 18.5. The van der Waals surface area contributed by atoms with E-state index >= 15 is 0 Å². The normalized spacial score (nSPS) is 12.3. The first-order valence-corrected chi connectivity index (χ1v) is 11.1. The Bertz CT molecular complexity index is 390. The van der Waals surface area contributed by atoms with Gasteiger partial charge in [0, 0.05) is 12.8 Å². The number of allylic oxidation sites excluding steroid dienone is 1. The standard InChI is InChI=1S/C23H42O4/c1-4-6-7-8-9-10-11-12-13-14-19-26-22(24)17-15-18-23(25)27-20-21(3)16-5-2/h13-14,21H,4-12,15-20H2,1-3H3/b14-13+. The zero-order valence-corrected chi connectivity index (χ0v) is 18.0. The third kappa shape index (κ3) is 19.3. The van der Waals surface area contributed by atoms with Crippen molar-refractivity contribution in [1.29, 1.82) is 0 Å². The topological polar surface area (TPSA) is 52.6 Å². The van der Waals surface area contributed by atoms with Gasteiger partial charge in [-0.25, -0.2) is 0 Å². The van der Waals surface area contributed by atoms with E-state index in [1.54, 1.807) is 0 Å². The van der Waals surface area contributed by atoms with Crippen LogP contribution in [0, 0.1) is 5.92 Å². The van der Waals surface area contributed by atoms with Gasteiger partial charge in [-0.3, -0.25) is 9.59 Å². The second-order valence-electron chi connectivity index (χ2n) is 7.49. The fourth-order valence-corrected chi connectivity index (χ4v) is 2.88. The van der Waals surface area contributed by atoms with E-state index in [-0.39, 0.29) is 24.8 Å². The van der Waals surface area contributed by atoms with E-state index in [2.05, 4.69) is 26.8 Å². The van der Waals surface area contributed by atoms with Crippen LogP contribution in [-0.4, -0.2) is 25.2 Å². The molecule has 0 spiro atoms. The van der Waals surface area contributed by atoms with E-state index in [1.165, 1.54) is 44.9 Å². The number of unbranched alkanes of at least 4 members (excludes halogenated alkanes) is 7. The van der Waals surface area contributed by atoms with Crippen LogP contribution >= 0.6 is 0 Å². The van der Waals surface area contributed by atoms with Crippen LogP contribution in [0.2, 0.25) is 0 Å². The summed E-state index contributed by atoms with van der Waals surface area (Å²) in [6.07, 6.45) is 17.4. The molecule has 0 saturated heterocycles. The second-order valence-corrected chi connectivity index (χ2v) is 7.49. The van der Waals surface area contributed by atoms with Gasteiger partial charge in [-0.05, 0) is 31.6 Å². The SMILES string of the molecule is CCCCCCCCC/C=C/COC(=O)CCCC(=O)OCC(C)CCC. The summed E-state index contributed by atoms with van der Waals surface area (Å²) in [5, 5.41) is 0. The van der Waals surface area contributed by atoms with Crippen LogP contribution in [0.1, 0.15) is 104 Å². The van der Waals surface area contributed by atoms with Crippen LogP contribution in [-0.2, 0) is 19.1 Å². The minimum absolute atomic E-state index is 0.222. The molecule has 0 saturated carbocycles. The minimum Gasteiger partial charge on any atom is -0.465 e. The fraction of sp³-hybridized carbons (Fsp3) is 0.826. The van der Waals surface area contributed by atoms with Gasteiger partial charge < -0.3 is 9.47 Å². The van der Waals surface area contributed by atoms with Gasteiger partial charge in [0.25, 0.3) is 0 Å². The van der Waals surface area contributed by atoms with Crippen molar-refractivity contribution in [3.63, 3.8) is 0 Å². The van der Waals surface area contributed by atoms with Crippen LogP contribution in [0.5, 0.6) is 0 Å². The monoisotopic (exact) mass is 382 g/mol. The van der Waals surface area contributed by atoms with Gasteiger partial charge in [-0.2, -0.15) is 0 Å². The summed E-state index contributed by atoms with van der Waals surface area (Å²) in [5.74, 6) is -0.0696. The van der Waals surface area contributed by atoms with E-state index in [0.29, 0.717) is 25.6 Å². The quantitative estimate of drug-likeness (QED) is 0.157. The van der Waals surface area contributed by atoms with Crippen molar-refractivity contribution in [2.75, 3.05) is 13.2 Å². The lowest BCUT2D eigenvalue weighted by Gasteiger charge is -2.10. The Morgan fingerprint density at radius 3 is 2.07 bits per heavy atom. The maximum Gasteiger partial charge on any atom is 0.306 e. The van der Waals surface area contributed by atoms with Crippen LogP contribution in [0.25, 0.3) is 0 Å². The first kappa shape index (κ1) is 25.7. The van der Waals surface area contributed by atoms with E-state index in [0.717, 1.165) is 19.3 Å². The summed E-state index contributed by atoms with van der Waals surface area (Å²) < 4.78 is 10.4. The lowest BCUT2D eigenvalue weighted by atomic mass is 10.1. The summed E-state index contributed by atoms with van der Waals surface area (Å²) in [4.78, 5) is 23.2. The zero-order chi connectivity index (χ0) is 20.2. The molecule has 158 valence electrons. The van der Waals surface area contributed by atoms with Gasteiger partial charge in [0.05, 0.1) is 6.61 Å². The molecular weight excluding hydrogens is 340 g/mol. The second kappa shape index (κ2) is 19.4. The predicted octanol–water partition coefficient (Wildman–Crippen LogP) is 6.38. The number of esters is 2. The summed E-state index contributed by atoms with van der Waals surface area (Å²) in [6, 6.07) is 0. The van der Waals surface area contributed by atoms with Crippen molar-refractivity contribution >= 4 is 11.9 Å². The Balaban J connectivity index is 3.46. The van der Waals surface area contributed by atoms with Crippen molar-refractivity contribution < 1.29 is 19.1 Å². The Labute approximate surface area is 167 Å². The molecule has 0 amide bonds. The third-order valence-electron chi connectivity index (χ3n) is 4.55. The Morgan fingerprint density at radius 1 is 0.778 bits per heavy atom. The molecule has 0 radical (unpaired) electrons. The van der Waals surface area contributed by atoms with E-state index in [9.17, 15) is 9.59 Å². The maximum absolute atomic E-state index is 11.6. The zero-order valence-electron chi connectivity index (χ0n) is 18.0. The maximum atomic E-state index is 11.6. The number of carbonyl (C=O) groups excluding carboxylic acids is 2. The van der Waals surface area contributed by atoms with Crippen LogP contribution in [0.3, 0.4) is 0 Å². The summed E-state index contributed by atoms with van der Waals surface area (Å²) >= 11 is 0. The average molecular weight is 383 g/mol. The molecule has 0 N–H and O–H groups in total. The van der Waals surface area contributed by atoms with Gasteiger partial charge in [-0.15, -0.1) is 0 Å². The highest BCUT2D eigenvalue weighted by atomic mass is 16.5. The highest BCUT2D eigenvalue weighted by molar-refractivity contribution is 5.72. The number of rotatable bonds is 18. The van der Waals surface area contributed by atoms with E-state index in [1.807, 2.05) is 6.08 Å². The summed E-state index contributed by atoms with van der Waals surface area (Å²) in [7, 11) is 0. The minimum atomic E-state index is -0.247. The molecule has 0 aromatic carbocycles. The van der Waals surface area contributed by atoms with Crippen molar-refractivity contribution in [1.82, 2.24) is 0 Å². The molecule has 4 heteroatoms. The molecule has 0 heterocycles.